The highest BCUT2D eigenvalue weighted by atomic mass is 16.5. The van der Waals surface area contributed by atoms with Crippen molar-refractivity contribution in [3.63, 3.8) is 0 Å². The lowest BCUT2D eigenvalue weighted by Crippen LogP contribution is -2.03. The number of aromatic hydroxyl groups is 2. The third-order valence-corrected chi connectivity index (χ3v) is 5.25. The minimum absolute atomic E-state index is 0.0775. The summed E-state index contributed by atoms with van der Waals surface area (Å²) in [6, 6.07) is 16.1. The number of aliphatic hydroxyl groups is 3. The van der Waals surface area contributed by atoms with E-state index in [0.29, 0.717) is 33.9 Å². The van der Waals surface area contributed by atoms with E-state index in [1.54, 1.807) is 48.5 Å². The molecule has 198 valence electrons. The number of aromatic nitrogens is 3. The summed E-state index contributed by atoms with van der Waals surface area (Å²) in [5.41, 5.74) is 1.23. The highest BCUT2D eigenvalue weighted by Gasteiger charge is 2.17. The summed E-state index contributed by atoms with van der Waals surface area (Å²) in [6.45, 7) is -0.126. The van der Waals surface area contributed by atoms with Crippen LogP contribution in [-0.2, 0) is 0 Å². The second kappa shape index (κ2) is 12.7. The predicted octanol–water partition coefficient (Wildman–Crippen LogP) is 2.40. The number of nitrogens with zero attached hydrogens (tertiary/aromatic N) is 3. The summed E-state index contributed by atoms with van der Waals surface area (Å²) in [7, 11) is 0. The van der Waals surface area contributed by atoms with Crippen molar-refractivity contribution < 1.29 is 39.7 Å². The lowest BCUT2D eigenvalue weighted by molar-refractivity contribution is 0.201. The number of hydrogen-bond donors (Lipinski definition) is 5. The molecule has 0 fully saturated rings. The smallest absolute Gasteiger partial charge is 0.167 e. The van der Waals surface area contributed by atoms with Crippen LogP contribution in [0.25, 0.3) is 34.2 Å². The van der Waals surface area contributed by atoms with E-state index in [9.17, 15) is 10.2 Å². The third-order valence-electron chi connectivity index (χ3n) is 5.25. The Balaban J connectivity index is 1.78. The maximum atomic E-state index is 10.7. The Bertz CT molecular complexity index is 1290. The van der Waals surface area contributed by atoms with E-state index < -0.39 is 0 Å². The first kappa shape index (κ1) is 26.6. The van der Waals surface area contributed by atoms with Crippen LogP contribution in [0, 0.1) is 0 Å². The molecule has 3 aromatic carbocycles. The Labute approximate surface area is 218 Å². The first-order valence-electron chi connectivity index (χ1n) is 11.8. The Kier molecular flexibility index (Phi) is 8.88. The molecule has 0 atom stereocenters. The molecule has 0 bridgehead atoms. The number of phenolic OH excluding ortho intramolecular Hbond substituents is 2. The van der Waals surface area contributed by atoms with Gasteiger partial charge in [0.25, 0.3) is 0 Å². The molecule has 0 unspecified atom stereocenters. The Morgan fingerprint density at radius 1 is 0.500 bits per heavy atom. The van der Waals surface area contributed by atoms with Crippen molar-refractivity contribution in [3.05, 3.63) is 60.7 Å². The van der Waals surface area contributed by atoms with Crippen LogP contribution >= 0.6 is 0 Å². The molecule has 5 N–H and O–H groups in total. The van der Waals surface area contributed by atoms with E-state index in [1.807, 2.05) is 0 Å². The topological polar surface area (TPSA) is 168 Å². The number of phenols is 2. The van der Waals surface area contributed by atoms with Crippen LogP contribution in [0.15, 0.2) is 60.7 Å². The number of rotatable bonds is 12. The largest absolute Gasteiger partial charge is 0.507 e. The van der Waals surface area contributed by atoms with Gasteiger partial charge in [-0.05, 0) is 48.5 Å². The molecule has 0 aliphatic heterocycles. The van der Waals surface area contributed by atoms with Gasteiger partial charge in [0.1, 0.15) is 48.6 Å². The number of benzene rings is 3. The van der Waals surface area contributed by atoms with E-state index >= 15 is 0 Å². The van der Waals surface area contributed by atoms with Gasteiger partial charge in [-0.3, -0.25) is 0 Å². The van der Waals surface area contributed by atoms with Crippen molar-refractivity contribution in [2.24, 2.45) is 0 Å². The van der Waals surface area contributed by atoms with Crippen LogP contribution in [-0.4, -0.2) is 80.1 Å². The molecular weight excluding hydrogens is 494 g/mol. The zero-order valence-electron chi connectivity index (χ0n) is 20.3. The van der Waals surface area contributed by atoms with Crippen LogP contribution in [0.4, 0.5) is 0 Å². The van der Waals surface area contributed by atoms with Gasteiger partial charge in [0.15, 0.2) is 17.5 Å². The molecule has 0 spiro atoms. The molecule has 4 rings (SSSR count). The minimum Gasteiger partial charge on any atom is -0.507 e. The normalized spacial score (nSPS) is 10.8. The van der Waals surface area contributed by atoms with Gasteiger partial charge in [0.2, 0.25) is 0 Å². The van der Waals surface area contributed by atoms with Gasteiger partial charge in [-0.2, -0.15) is 0 Å². The maximum absolute atomic E-state index is 10.7. The monoisotopic (exact) mass is 521 g/mol. The summed E-state index contributed by atoms with van der Waals surface area (Å²) < 4.78 is 16.1. The van der Waals surface area contributed by atoms with Gasteiger partial charge in [-0.15, -0.1) is 0 Å². The molecule has 0 amide bonds. The van der Waals surface area contributed by atoms with Crippen LogP contribution in [0.2, 0.25) is 0 Å². The molecule has 0 saturated carbocycles. The van der Waals surface area contributed by atoms with Gasteiger partial charge in [-0.1, -0.05) is 0 Å². The van der Waals surface area contributed by atoms with Gasteiger partial charge in [0, 0.05) is 17.7 Å². The molecule has 4 aromatic rings. The average Bonchev–Trinajstić information content (AvgIpc) is 2.94. The fourth-order valence-corrected chi connectivity index (χ4v) is 3.52. The molecule has 1 aromatic heterocycles. The molecular formula is C27H27N3O8. The van der Waals surface area contributed by atoms with E-state index in [4.69, 9.17) is 29.5 Å². The van der Waals surface area contributed by atoms with Gasteiger partial charge in [0.05, 0.1) is 30.9 Å². The molecule has 11 heteroatoms. The first-order chi connectivity index (χ1) is 18.5. The molecule has 0 aliphatic carbocycles. The Morgan fingerprint density at radius 2 is 0.895 bits per heavy atom. The van der Waals surface area contributed by atoms with Crippen molar-refractivity contribution in [3.8, 4) is 62.9 Å². The van der Waals surface area contributed by atoms with Crippen LogP contribution in [0.3, 0.4) is 0 Å². The zero-order chi connectivity index (χ0) is 26.9. The summed E-state index contributed by atoms with van der Waals surface area (Å²) in [5, 5.41) is 48.3. The van der Waals surface area contributed by atoms with Crippen LogP contribution < -0.4 is 14.2 Å². The number of ether oxygens (including phenoxy) is 3. The van der Waals surface area contributed by atoms with E-state index in [1.165, 1.54) is 12.1 Å². The molecule has 38 heavy (non-hydrogen) atoms. The quantitative estimate of drug-likeness (QED) is 0.186. The average molecular weight is 522 g/mol. The lowest BCUT2D eigenvalue weighted by atomic mass is 10.1. The standard InChI is InChI=1S/C27H27N3O8/c31-9-12-36-18-3-1-17(2-4-18)25-28-26(21-7-5-19(15-23(21)34)37-13-10-32)30-27(29-25)22-8-6-20(16-24(22)35)38-14-11-33/h1-8,15-16,31-35H,9-14H2. The summed E-state index contributed by atoms with van der Waals surface area (Å²) in [4.78, 5) is 13.6. The lowest BCUT2D eigenvalue weighted by Gasteiger charge is -2.12. The van der Waals surface area contributed by atoms with Crippen molar-refractivity contribution in [1.82, 2.24) is 15.0 Å². The van der Waals surface area contributed by atoms with Crippen LogP contribution in [0.1, 0.15) is 0 Å². The van der Waals surface area contributed by atoms with Gasteiger partial charge >= 0.3 is 0 Å². The van der Waals surface area contributed by atoms with Gasteiger partial charge < -0.3 is 39.7 Å². The molecule has 0 saturated heterocycles. The molecule has 0 aliphatic rings. The summed E-state index contributed by atoms with van der Waals surface area (Å²) in [6.07, 6.45) is 0. The second-order valence-corrected chi connectivity index (χ2v) is 7.90. The SMILES string of the molecule is OCCOc1ccc(-c2nc(-c3ccc(OCCO)cc3O)nc(-c3ccc(OCCO)cc3O)n2)cc1. The molecule has 0 radical (unpaired) electrons. The van der Waals surface area contributed by atoms with E-state index in [-0.39, 0.29) is 68.6 Å². The summed E-state index contributed by atoms with van der Waals surface area (Å²) >= 11 is 0. The third kappa shape index (κ3) is 6.45. The Morgan fingerprint density at radius 3 is 1.32 bits per heavy atom. The highest BCUT2D eigenvalue weighted by Crippen LogP contribution is 2.35. The molecule has 1 heterocycles. The predicted molar refractivity (Wildman–Crippen MR) is 137 cm³/mol. The zero-order valence-corrected chi connectivity index (χ0v) is 20.3. The van der Waals surface area contributed by atoms with E-state index in [2.05, 4.69) is 15.0 Å². The molecule has 11 nitrogen and oxygen atoms in total. The van der Waals surface area contributed by atoms with E-state index in [0.717, 1.165) is 0 Å². The fraction of sp³-hybridized carbons (Fsp3) is 0.222. The maximum Gasteiger partial charge on any atom is 0.167 e. The van der Waals surface area contributed by atoms with Gasteiger partial charge in [-0.25, -0.2) is 15.0 Å². The number of aliphatic hydroxyl groups excluding tert-OH is 3. The van der Waals surface area contributed by atoms with Crippen molar-refractivity contribution >= 4 is 0 Å². The highest BCUT2D eigenvalue weighted by molar-refractivity contribution is 5.72. The minimum atomic E-state index is -0.167. The van der Waals surface area contributed by atoms with Crippen molar-refractivity contribution in [2.45, 2.75) is 0 Å². The fourth-order valence-electron chi connectivity index (χ4n) is 3.52. The van der Waals surface area contributed by atoms with Crippen molar-refractivity contribution in [2.75, 3.05) is 39.6 Å². The second-order valence-electron chi connectivity index (χ2n) is 7.90. The number of hydrogen-bond acceptors (Lipinski definition) is 11. The Hall–Kier alpha value is -4.45. The summed E-state index contributed by atoms with van der Waals surface area (Å²) in [5.74, 6) is 1.58. The first-order valence-corrected chi connectivity index (χ1v) is 11.8. The van der Waals surface area contributed by atoms with Crippen molar-refractivity contribution in [1.29, 1.82) is 0 Å². The van der Waals surface area contributed by atoms with Crippen LogP contribution in [0.5, 0.6) is 28.7 Å².